The maximum Gasteiger partial charge on any atom is 0.161 e. The number of methoxy groups -OCH3 is 1. The van der Waals surface area contributed by atoms with Crippen molar-refractivity contribution < 1.29 is 14.3 Å². The van der Waals surface area contributed by atoms with Crippen LogP contribution in [-0.4, -0.2) is 25.3 Å². The van der Waals surface area contributed by atoms with E-state index in [0.717, 1.165) is 0 Å². The summed E-state index contributed by atoms with van der Waals surface area (Å²) in [5, 5.41) is 0. The molecule has 0 unspecified atom stereocenters. The molecule has 58 valence electrons. The maximum absolute atomic E-state index is 10.9. The van der Waals surface area contributed by atoms with Crippen molar-refractivity contribution in [2.45, 2.75) is 32.2 Å². The lowest BCUT2D eigenvalue weighted by Gasteiger charge is -2.25. The van der Waals surface area contributed by atoms with E-state index in [0.29, 0.717) is 12.8 Å². The Morgan fingerprint density at radius 3 is 2.90 bits per heavy atom. The van der Waals surface area contributed by atoms with Crippen molar-refractivity contribution in [1.82, 2.24) is 0 Å². The zero-order chi connectivity index (χ0) is 7.56. The molecule has 0 aromatic rings. The van der Waals surface area contributed by atoms with Crippen LogP contribution in [0.15, 0.2) is 0 Å². The second-order valence-corrected chi connectivity index (χ2v) is 2.45. The number of rotatable bonds is 1. The fraction of sp³-hybridized carbons (Fsp3) is 0.857. The molecule has 1 rings (SSSR count). The number of Topliss-reactive ketones (excluding diaryl/α,β-unsaturated/α-hetero) is 1. The summed E-state index contributed by atoms with van der Waals surface area (Å²) in [7, 11) is 1.59. The minimum Gasteiger partial charge on any atom is -0.356 e. The highest BCUT2D eigenvalue weighted by atomic mass is 16.7. The van der Waals surface area contributed by atoms with Crippen molar-refractivity contribution in [2.75, 3.05) is 7.11 Å². The smallest absolute Gasteiger partial charge is 0.161 e. The quantitative estimate of drug-likeness (QED) is 0.544. The first-order valence-corrected chi connectivity index (χ1v) is 3.45. The van der Waals surface area contributed by atoms with E-state index in [1.54, 1.807) is 14.0 Å². The van der Waals surface area contributed by atoms with Gasteiger partial charge in [0.05, 0.1) is 0 Å². The molecular weight excluding hydrogens is 132 g/mol. The minimum atomic E-state index is -0.279. The third-order valence-electron chi connectivity index (χ3n) is 1.70. The van der Waals surface area contributed by atoms with Gasteiger partial charge in [0, 0.05) is 20.0 Å². The molecule has 0 aromatic carbocycles. The highest BCUT2D eigenvalue weighted by Gasteiger charge is 2.25. The summed E-state index contributed by atoms with van der Waals surface area (Å²) in [6, 6.07) is 0. The van der Waals surface area contributed by atoms with E-state index in [9.17, 15) is 4.79 Å². The molecule has 1 saturated heterocycles. The van der Waals surface area contributed by atoms with Gasteiger partial charge in [-0.2, -0.15) is 0 Å². The molecule has 1 aliphatic rings. The standard InChI is InChI=1S/C7H12O3/c1-5-6(8)3-4-7(9-2)10-5/h5,7H,3-4H2,1-2H3/t5-,7+/m1/s1. The summed E-state index contributed by atoms with van der Waals surface area (Å²) in [6.07, 6.45) is 0.825. The van der Waals surface area contributed by atoms with Crippen LogP contribution >= 0.6 is 0 Å². The topological polar surface area (TPSA) is 35.5 Å². The predicted octanol–water partition coefficient (Wildman–Crippen LogP) is 0.727. The number of hydrogen-bond donors (Lipinski definition) is 0. The molecule has 1 fully saturated rings. The Balaban J connectivity index is 2.40. The molecule has 0 spiro atoms. The normalized spacial score (nSPS) is 34.4. The van der Waals surface area contributed by atoms with E-state index in [1.165, 1.54) is 0 Å². The van der Waals surface area contributed by atoms with E-state index in [-0.39, 0.29) is 18.2 Å². The van der Waals surface area contributed by atoms with E-state index in [4.69, 9.17) is 9.47 Å². The van der Waals surface area contributed by atoms with Crippen molar-refractivity contribution >= 4 is 5.78 Å². The van der Waals surface area contributed by atoms with E-state index in [2.05, 4.69) is 0 Å². The summed E-state index contributed by atoms with van der Waals surface area (Å²) in [4.78, 5) is 10.9. The zero-order valence-electron chi connectivity index (χ0n) is 6.29. The lowest BCUT2D eigenvalue weighted by molar-refractivity contribution is -0.182. The molecule has 0 aliphatic carbocycles. The first-order chi connectivity index (χ1) is 4.74. The van der Waals surface area contributed by atoms with Crippen LogP contribution in [0.3, 0.4) is 0 Å². The van der Waals surface area contributed by atoms with Crippen LogP contribution in [0.4, 0.5) is 0 Å². The van der Waals surface area contributed by atoms with Crippen LogP contribution in [-0.2, 0) is 14.3 Å². The van der Waals surface area contributed by atoms with Gasteiger partial charge >= 0.3 is 0 Å². The average Bonchev–Trinajstić information content (AvgIpc) is 1.95. The number of hydrogen-bond acceptors (Lipinski definition) is 3. The zero-order valence-corrected chi connectivity index (χ0v) is 6.29. The van der Waals surface area contributed by atoms with Crippen LogP contribution in [0.1, 0.15) is 19.8 Å². The fourth-order valence-corrected chi connectivity index (χ4v) is 1.01. The van der Waals surface area contributed by atoms with Gasteiger partial charge in [-0.05, 0) is 6.92 Å². The third-order valence-corrected chi connectivity index (χ3v) is 1.70. The van der Waals surface area contributed by atoms with Crippen LogP contribution in [0.25, 0.3) is 0 Å². The molecule has 0 aromatic heterocycles. The lowest BCUT2D eigenvalue weighted by Crippen LogP contribution is -2.34. The number of ketones is 1. The first kappa shape index (κ1) is 7.69. The van der Waals surface area contributed by atoms with Gasteiger partial charge in [-0.1, -0.05) is 0 Å². The first-order valence-electron chi connectivity index (χ1n) is 3.45. The summed E-state index contributed by atoms with van der Waals surface area (Å²) < 4.78 is 10.1. The van der Waals surface area contributed by atoms with Gasteiger partial charge in [0.15, 0.2) is 12.1 Å². The highest BCUT2D eigenvalue weighted by molar-refractivity contribution is 5.83. The Bertz CT molecular complexity index is 133. The maximum atomic E-state index is 10.9. The molecule has 1 heterocycles. The molecule has 10 heavy (non-hydrogen) atoms. The Morgan fingerprint density at radius 1 is 1.70 bits per heavy atom. The van der Waals surface area contributed by atoms with E-state index >= 15 is 0 Å². The SMILES string of the molecule is CO[C@@H]1CCC(=O)[C@@H](C)O1. The molecule has 0 saturated carbocycles. The fourth-order valence-electron chi connectivity index (χ4n) is 1.01. The van der Waals surface area contributed by atoms with Gasteiger partial charge < -0.3 is 9.47 Å². The van der Waals surface area contributed by atoms with Gasteiger partial charge in [-0.3, -0.25) is 4.79 Å². The van der Waals surface area contributed by atoms with Crippen molar-refractivity contribution in [3.63, 3.8) is 0 Å². The summed E-state index contributed by atoms with van der Waals surface area (Å²) in [5.41, 5.74) is 0. The number of carbonyl (C=O) groups is 1. The second-order valence-electron chi connectivity index (χ2n) is 2.45. The van der Waals surface area contributed by atoms with Gasteiger partial charge in [-0.25, -0.2) is 0 Å². The Kier molecular flexibility index (Phi) is 2.40. The molecular formula is C7H12O3. The molecule has 0 bridgehead atoms. The lowest BCUT2D eigenvalue weighted by atomic mass is 10.1. The molecule has 0 amide bonds. The molecule has 3 heteroatoms. The highest BCUT2D eigenvalue weighted by Crippen LogP contribution is 2.15. The minimum absolute atomic E-state index is 0.173. The monoisotopic (exact) mass is 144 g/mol. The van der Waals surface area contributed by atoms with Crippen LogP contribution in [0.2, 0.25) is 0 Å². The molecule has 2 atom stereocenters. The number of carbonyl (C=O) groups excluding carboxylic acids is 1. The van der Waals surface area contributed by atoms with E-state index in [1.807, 2.05) is 0 Å². The van der Waals surface area contributed by atoms with Crippen LogP contribution in [0, 0.1) is 0 Å². The largest absolute Gasteiger partial charge is 0.356 e. The van der Waals surface area contributed by atoms with E-state index < -0.39 is 0 Å². The van der Waals surface area contributed by atoms with Crippen LogP contribution < -0.4 is 0 Å². The Morgan fingerprint density at radius 2 is 2.40 bits per heavy atom. The Labute approximate surface area is 60.3 Å². The Hall–Kier alpha value is -0.410. The molecule has 3 nitrogen and oxygen atoms in total. The second kappa shape index (κ2) is 3.12. The summed E-state index contributed by atoms with van der Waals surface area (Å²) in [5.74, 6) is 0.174. The van der Waals surface area contributed by atoms with Crippen molar-refractivity contribution in [2.24, 2.45) is 0 Å². The van der Waals surface area contributed by atoms with Crippen molar-refractivity contribution in [3.05, 3.63) is 0 Å². The molecule has 1 aliphatic heterocycles. The van der Waals surface area contributed by atoms with Crippen molar-refractivity contribution in [3.8, 4) is 0 Å². The molecule has 0 radical (unpaired) electrons. The van der Waals surface area contributed by atoms with Crippen molar-refractivity contribution in [1.29, 1.82) is 0 Å². The van der Waals surface area contributed by atoms with Gasteiger partial charge in [0.2, 0.25) is 0 Å². The third kappa shape index (κ3) is 1.55. The molecule has 0 N–H and O–H groups in total. The average molecular weight is 144 g/mol. The van der Waals surface area contributed by atoms with Crippen LogP contribution in [0.5, 0.6) is 0 Å². The summed E-state index contributed by atoms with van der Waals surface area (Å²) in [6.45, 7) is 1.76. The van der Waals surface area contributed by atoms with Gasteiger partial charge in [0.25, 0.3) is 0 Å². The number of ether oxygens (including phenoxy) is 2. The van der Waals surface area contributed by atoms with Gasteiger partial charge in [-0.15, -0.1) is 0 Å². The predicted molar refractivity (Wildman–Crippen MR) is 35.6 cm³/mol. The summed E-state index contributed by atoms with van der Waals surface area (Å²) >= 11 is 0. The van der Waals surface area contributed by atoms with Gasteiger partial charge in [0.1, 0.15) is 6.10 Å².